The van der Waals surface area contributed by atoms with Crippen molar-refractivity contribution in [3.05, 3.63) is 35.5 Å². The van der Waals surface area contributed by atoms with E-state index >= 15 is 0 Å². The van der Waals surface area contributed by atoms with Crippen LogP contribution in [0.25, 0.3) is 11.4 Å². The van der Waals surface area contributed by atoms with Gasteiger partial charge in [0.25, 0.3) is 0 Å². The number of amides is 1. The van der Waals surface area contributed by atoms with Gasteiger partial charge in [-0.25, -0.2) is 4.39 Å². The molecular weight excluding hydrogens is 323 g/mol. The number of halogens is 1. The van der Waals surface area contributed by atoms with E-state index in [1.54, 1.807) is 19.1 Å². The van der Waals surface area contributed by atoms with Gasteiger partial charge >= 0.3 is 0 Å². The van der Waals surface area contributed by atoms with Crippen LogP contribution < -0.4 is 5.73 Å². The summed E-state index contributed by atoms with van der Waals surface area (Å²) in [6, 6.07) is 4.67. The summed E-state index contributed by atoms with van der Waals surface area (Å²) in [5.74, 6) is 0.622. The lowest BCUT2D eigenvalue weighted by molar-refractivity contribution is -0.130. The number of carbonyl (C=O) groups excluding carboxylic acids is 1. The Bertz CT molecular complexity index is 776. The summed E-state index contributed by atoms with van der Waals surface area (Å²) >= 11 is 0. The van der Waals surface area contributed by atoms with Gasteiger partial charge in [-0.05, 0) is 49.1 Å². The van der Waals surface area contributed by atoms with Crippen molar-refractivity contribution < 1.29 is 13.7 Å². The Morgan fingerprint density at radius 1 is 1.48 bits per heavy atom. The van der Waals surface area contributed by atoms with Crippen LogP contribution in [0.5, 0.6) is 0 Å². The van der Waals surface area contributed by atoms with Gasteiger partial charge in [-0.3, -0.25) is 4.79 Å². The Balaban J connectivity index is 1.59. The topological polar surface area (TPSA) is 85.2 Å². The van der Waals surface area contributed by atoms with Crippen LogP contribution in [-0.2, 0) is 11.2 Å². The Morgan fingerprint density at radius 3 is 2.96 bits per heavy atom. The summed E-state index contributed by atoms with van der Waals surface area (Å²) in [5, 5.41) is 3.92. The molecule has 3 rings (SSSR count). The summed E-state index contributed by atoms with van der Waals surface area (Å²) in [6.45, 7) is 5.82. The molecule has 0 spiro atoms. The first-order valence-corrected chi connectivity index (χ1v) is 8.47. The lowest BCUT2D eigenvalue weighted by Gasteiger charge is -2.22. The molecule has 1 aromatic heterocycles. The first-order chi connectivity index (χ1) is 11.9. The number of hydrogen-bond donors (Lipinski definition) is 1. The molecular formula is C18H23FN4O2. The summed E-state index contributed by atoms with van der Waals surface area (Å²) in [7, 11) is 0. The Morgan fingerprint density at radius 2 is 2.28 bits per heavy atom. The predicted molar refractivity (Wildman–Crippen MR) is 91.1 cm³/mol. The largest absolute Gasteiger partial charge is 0.342 e. The molecule has 134 valence electrons. The van der Waals surface area contributed by atoms with Crippen molar-refractivity contribution >= 4 is 5.91 Å². The van der Waals surface area contributed by atoms with Crippen LogP contribution in [0.3, 0.4) is 0 Å². The molecule has 2 N–H and O–H groups in total. The third kappa shape index (κ3) is 3.87. The molecule has 1 aliphatic rings. The molecule has 1 saturated heterocycles. The van der Waals surface area contributed by atoms with Crippen molar-refractivity contribution in [1.82, 2.24) is 15.0 Å². The molecule has 1 unspecified atom stereocenters. The fraction of sp³-hybridized carbons (Fsp3) is 0.500. The zero-order valence-corrected chi connectivity index (χ0v) is 14.6. The van der Waals surface area contributed by atoms with Gasteiger partial charge in [0.15, 0.2) is 0 Å². The van der Waals surface area contributed by atoms with Gasteiger partial charge in [-0.2, -0.15) is 4.98 Å². The molecule has 0 radical (unpaired) electrons. The van der Waals surface area contributed by atoms with E-state index in [1.165, 1.54) is 6.07 Å². The van der Waals surface area contributed by atoms with E-state index < -0.39 is 0 Å². The number of nitrogens with two attached hydrogens (primary N) is 1. The molecule has 1 fully saturated rings. The molecule has 0 saturated carbocycles. The second-order valence-electron chi connectivity index (χ2n) is 7.06. The van der Waals surface area contributed by atoms with E-state index in [9.17, 15) is 9.18 Å². The zero-order valence-electron chi connectivity index (χ0n) is 14.6. The minimum absolute atomic E-state index is 0.0216. The van der Waals surface area contributed by atoms with E-state index in [2.05, 4.69) is 17.1 Å². The maximum atomic E-state index is 13.3. The normalized spacial score (nSPS) is 20.2. The highest BCUT2D eigenvalue weighted by atomic mass is 19.1. The third-order valence-electron chi connectivity index (χ3n) is 4.84. The number of nitrogens with zero attached hydrogens (tertiary/aromatic N) is 3. The van der Waals surface area contributed by atoms with Crippen molar-refractivity contribution in [3.63, 3.8) is 0 Å². The average molecular weight is 346 g/mol. The molecule has 2 aromatic rings. The summed E-state index contributed by atoms with van der Waals surface area (Å²) < 4.78 is 18.6. The van der Waals surface area contributed by atoms with Crippen molar-refractivity contribution in [1.29, 1.82) is 0 Å². The Labute approximate surface area is 146 Å². The second-order valence-corrected chi connectivity index (χ2v) is 7.06. The van der Waals surface area contributed by atoms with Crippen molar-refractivity contribution in [3.8, 4) is 11.4 Å². The highest BCUT2D eigenvalue weighted by Crippen LogP contribution is 2.29. The lowest BCUT2D eigenvalue weighted by Crippen LogP contribution is -2.34. The van der Waals surface area contributed by atoms with Crippen molar-refractivity contribution in [2.45, 2.75) is 33.1 Å². The number of aromatic nitrogens is 2. The Kier molecular flexibility index (Phi) is 4.85. The fourth-order valence-electron chi connectivity index (χ4n) is 3.03. The monoisotopic (exact) mass is 346 g/mol. The second kappa shape index (κ2) is 6.92. The molecule has 0 bridgehead atoms. The van der Waals surface area contributed by atoms with E-state index in [1.807, 2.05) is 4.90 Å². The summed E-state index contributed by atoms with van der Waals surface area (Å²) in [5.41, 5.74) is 7.02. The lowest BCUT2D eigenvalue weighted by atomic mass is 9.90. The molecule has 2 heterocycles. The smallest absolute Gasteiger partial charge is 0.227 e. The zero-order chi connectivity index (χ0) is 18.0. The number of rotatable bonds is 5. The molecule has 1 aliphatic heterocycles. The van der Waals surface area contributed by atoms with Crippen LogP contribution in [-0.4, -0.2) is 40.6 Å². The first kappa shape index (κ1) is 17.5. The van der Waals surface area contributed by atoms with E-state index in [-0.39, 0.29) is 17.1 Å². The van der Waals surface area contributed by atoms with Crippen molar-refractivity contribution in [2.75, 3.05) is 19.6 Å². The van der Waals surface area contributed by atoms with Crippen molar-refractivity contribution in [2.24, 2.45) is 11.1 Å². The van der Waals surface area contributed by atoms with Gasteiger partial charge in [-0.15, -0.1) is 0 Å². The number of aryl methyl sites for hydroxylation is 2. The van der Waals surface area contributed by atoms with Gasteiger partial charge in [0.2, 0.25) is 17.6 Å². The van der Waals surface area contributed by atoms with Crippen LogP contribution in [0.1, 0.15) is 31.2 Å². The number of hydrogen-bond acceptors (Lipinski definition) is 5. The standard InChI is InChI=1S/C18H23FN4O2/c1-12-9-13(3-4-14(12)19)17-21-15(25-22-17)5-6-16(24)23-8-7-18(2,10-20)11-23/h3-4,9H,5-8,10-11,20H2,1-2H3. The van der Waals surface area contributed by atoms with Crippen LogP contribution in [0, 0.1) is 18.2 Å². The van der Waals surface area contributed by atoms with E-state index in [4.69, 9.17) is 10.3 Å². The first-order valence-electron chi connectivity index (χ1n) is 8.47. The molecule has 1 amide bonds. The van der Waals surface area contributed by atoms with Crippen LogP contribution in [0.2, 0.25) is 0 Å². The summed E-state index contributed by atoms with van der Waals surface area (Å²) in [4.78, 5) is 18.5. The van der Waals surface area contributed by atoms with Crippen LogP contribution >= 0.6 is 0 Å². The highest BCUT2D eigenvalue weighted by Gasteiger charge is 2.34. The number of benzene rings is 1. The average Bonchev–Trinajstić information content (AvgIpc) is 3.23. The predicted octanol–water partition coefficient (Wildman–Crippen LogP) is 2.31. The van der Waals surface area contributed by atoms with Gasteiger partial charge in [0, 0.05) is 31.5 Å². The van der Waals surface area contributed by atoms with Crippen LogP contribution in [0.15, 0.2) is 22.7 Å². The highest BCUT2D eigenvalue weighted by molar-refractivity contribution is 5.76. The van der Waals surface area contributed by atoms with Crippen LogP contribution in [0.4, 0.5) is 4.39 Å². The fourth-order valence-corrected chi connectivity index (χ4v) is 3.03. The van der Waals surface area contributed by atoms with E-state index in [0.717, 1.165) is 13.0 Å². The molecule has 25 heavy (non-hydrogen) atoms. The molecule has 6 nitrogen and oxygen atoms in total. The minimum atomic E-state index is -0.270. The van der Waals surface area contributed by atoms with Gasteiger partial charge in [0.05, 0.1) is 0 Å². The molecule has 7 heteroatoms. The quantitative estimate of drug-likeness (QED) is 0.898. The maximum Gasteiger partial charge on any atom is 0.227 e. The third-order valence-corrected chi connectivity index (χ3v) is 4.84. The van der Waals surface area contributed by atoms with Gasteiger partial charge < -0.3 is 15.2 Å². The Hall–Kier alpha value is -2.28. The van der Waals surface area contributed by atoms with Gasteiger partial charge in [0.1, 0.15) is 5.82 Å². The van der Waals surface area contributed by atoms with Gasteiger partial charge in [-0.1, -0.05) is 12.1 Å². The maximum absolute atomic E-state index is 13.3. The molecule has 1 aromatic carbocycles. The summed E-state index contributed by atoms with van der Waals surface area (Å²) in [6.07, 6.45) is 1.65. The number of likely N-dealkylation sites (tertiary alicyclic amines) is 1. The number of carbonyl (C=O) groups is 1. The molecule has 1 atom stereocenters. The SMILES string of the molecule is Cc1cc(-c2noc(CCC(=O)N3CCC(C)(CN)C3)n2)ccc1F. The van der Waals surface area contributed by atoms with E-state index in [0.29, 0.717) is 48.8 Å². The minimum Gasteiger partial charge on any atom is -0.342 e. The molecule has 0 aliphatic carbocycles.